The Morgan fingerprint density at radius 1 is 1.17 bits per heavy atom. The number of amides is 1. The summed E-state index contributed by atoms with van der Waals surface area (Å²) in [7, 11) is 0. The van der Waals surface area contributed by atoms with Crippen molar-refractivity contribution in [2.45, 2.75) is 32.6 Å². The number of ketones is 1. The third-order valence-corrected chi connectivity index (χ3v) is 5.39. The van der Waals surface area contributed by atoms with Gasteiger partial charge in [-0.15, -0.1) is 0 Å². The molecular formula is C23H22FN3O2. The molecule has 6 heteroatoms. The van der Waals surface area contributed by atoms with E-state index in [4.69, 9.17) is 0 Å². The van der Waals surface area contributed by atoms with E-state index in [1.54, 1.807) is 36.5 Å². The molecule has 29 heavy (non-hydrogen) atoms. The summed E-state index contributed by atoms with van der Waals surface area (Å²) in [5.41, 5.74) is 3.31. The number of nitrogens with zero attached hydrogens (tertiary/aromatic N) is 1. The largest absolute Gasteiger partial charge is 0.362 e. The summed E-state index contributed by atoms with van der Waals surface area (Å²) in [6, 6.07) is 11.3. The Hall–Kier alpha value is -3.28. The van der Waals surface area contributed by atoms with Crippen LogP contribution in [0.2, 0.25) is 0 Å². The Morgan fingerprint density at radius 3 is 2.62 bits per heavy atom. The number of Topliss-reactive ketones (excluding diaryl/α,β-unsaturated/α-hetero) is 1. The highest BCUT2D eigenvalue weighted by Gasteiger charge is 2.39. The van der Waals surface area contributed by atoms with Crippen molar-refractivity contribution in [3.05, 3.63) is 82.6 Å². The number of hydrogen-bond acceptors (Lipinski definition) is 4. The Bertz CT molecular complexity index is 1030. The number of allylic oxidation sites excluding steroid dienone is 3. The van der Waals surface area contributed by atoms with Crippen LogP contribution >= 0.6 is 0 Å². The van der Waals surface area contributed by atoms with Gasteiger partial charge in [0.15, 0.2) is 5.78 Å². The summed E-state index contributed by atoms with van der Waals surface area (Å²) in [6.45, 7) is 3.87. The number of aromatic nitrogens is 1. The van der Waals surface area contributed by atoms with Crippen molar-refractivity contribution in [3.8, 4) is 0 Å². The highest BCUT2D eigenvalue weighted by Crippen LogP contribution is 2.43. The summed E-state index contributed by atoms with van der Waals surface area (Å²) >= 11 is 0. The van der Waals surface area contributed by atoms with E-state index in [1.807, 2.05) is 13.8 Å². The van der Waals surface area contributed by atoms with Gasteiger partial charge in [0.25, 0.3) is 5.91 Å². The third kappa shape index (κ3) is 3.70. The second kappa shape index (κ2) is 7.62. The summed E-state index contributed by atoms with van der Waals surface area (Å²) < 4.78 is 13.5. The molecule has 148 valence electrons. The van der Waals surface area contributed by atoms with Gasteiger partial charge in [-0.05, 0) is 49.1 Å². The summed E-state index contributed by atoms with van der Waals surface area (Å²) in [5.74, 6) is -0.549. The number of carbonyl (C=O) groups excluding carboxylic acids is 2. The number of benzene rings is 1. The van der Waals surface area contributed by atoms with Crippen LogP contribution in [-0.2, 0) is 9.59 Å². The topological polar surface area (TPSA) is 71.1 Å². The Morgan fingerprint density at radius 2 is 1.93 bits per heavy atom. The molecule has 2 aliphatic rings. The van der Waals surface area contributed by atoms with Crippen LogP contribution in [0, 0.1) is 11.7 Å². The molecule has 5 nitrogen and oxygen atoms in total. The molecule has 1 aromatic carbocycles. The van der Waals surface area contributed by atoms with Crippen molar-refractivity contribution in [1.29, 1.82) is 0 Å². The second-order valence-electron chi connectivity index (χ2n) is 7.65. The normalized spacial score (nSPS) is 21.6. The van der Waals surface area contributed by atoms with E-state index in [1.165, 1.54) is 12.1 Å². The number of carbonyl (C=O) groups is 2. The first kappa shape index (κ1) is 19.1. The molecule has 0 saturated carbocycles. The number of dihydropyridines is 1. The number of nitrogens with one attached hydrogen (secondary N) is 2. The fraction of sp³-hybridized carbons (Fsp3) is 0.261. The fourth-order valence-electron chi connectivity index (χ4n) is 4.14. The van der Waals surface area contributed by atoms with Gasteiger partial charge in [0, 0.05) is 41.1 Å². The minimum Gasteiger partial charge on any atom is -0.362 e. The first-order valence-electron chi connectivity index (χ1n) is 9.66. The van der Waals surface area contributed by atoms with Gasteiger partial charge in [-0.2, -0.15) is 0 Å². The van der Waals surface area contributed by atoms with Gasteiger partial charge in [-0.1, -0.05) is 25.1 Å². The van der Waals surface area contributed by atoms with Gasteiger partial charge in [0.05, 0.1) is 0 Å². The van der Waals surface area contributed by atoms with Crippen LogP contribution in [0.5, 0.6) is 0 Å². The molecule has 1 aliphatic carbocycles. The molecule has 2 atom stereocenters. The molecule has 1 aromatic heterocycles. The lowest BCUT2D eigenvalue weighted by molar-refractivity contribution is -0.117. The van der Waals surface area contributed by atoms with Crippen LogP contribution in [0.25, 0.3) is 0 Å². The molecule has 2 N–H and O–H groups in total. The van der Waals surface area contributed by atoms with Crippen LogP contribution in [0.1, 0.15) is 38.2 Å². The van der Waals surface area contributed by atoms with Crippen LogP contribution in [0.15, 0.2) is 71.2 Å². The van der Waals surface area contributed by atoms with Crippen molar-refractivity contribution < 1.29 is 14.0 Å². The average molecular weight is 391 g/mol. The first-order valence-corrected chi connectivity index (χ1v) is 9.66. The molecule has 0 bridgehead atoms. The summed E-state index contributed by atoms with van der Waals surface area (Å²) in [4.78, 5) is 30.4. The molecule has 1 amide bonds. The molecule has 1 aliphatic heterocycles. The predicted molar refractivity (Wildman–Crippen MR) is 108 cm³/mol. The zero-order valence-corrected chi connectivity index (χ0v) is 16.3. The fourth-order valence-corrected chi connectivity index (χ4v) is 4.14. The number of pyridine rings is 1. The van der Waals surface area contributed by atoms with Gasteiger partial charge >= 0.3 is 0 Å². The van der Waals surface area contributed by atoms with Gasteiger partial charge in [-0.3, -0.25) is 9.59 Å². The lowest BCUT2D eigenvalue weighted by Crippen LogP contribution is -2.37. The van der Waals surface area contributed by atoms with Crippen molar-refractivity contribution >= 4 is 17.5 Å². The van der Waals surface area contributed by atoms with Crippen molar-refractivity contribution in [2.24, 2.45) is 5.92 Å². The van der Waals surface area contributed by atoms with E-state index in [-0.39, 0.29) is 23.4 Å². The maximum Gasteiger partial charge on any atom is 0.255 e. The maximum atomic E-state index is 13.5. The second-order valence-corrected chi connectivity index (χ2v) is 7.65. The average Bonchev–Trinajstić information content (AvgIpc) is 2.68. The highest BCUT2D eigenvalue weighted by molar-refractivity contribution is 6.09. The van der Waals surface area contributed by atoms with Crippen LogP contribution in [-0.4, -0.2) is 16.7 Å². The molecule has 0 radical (unpaired) electrons. The molecule has 0 spiro atoms. The van der Waals surface area contributed by atoms with Gasteiger partial charge in [0.2, 0.25) is 0 Å². The molecule has 0 saturated heterocycles. The summed E-state index contributed by atoms with van der Waals surface area (Å²) in [5, 5.41) is 6.11. The van der Waals surface area contributed by atoms with Crippen molar-refractivity contribution in [2.75, 3.05) is 5.32 Å². The van der Waals surface area contributed by atoms with Crippen molar-refractivity contribution in [3.63, 3.8) is 0 Å². The maximum absolute atomic E-state index is 13.5. The first-order chi connectivity index (χ1) is 13.9. The zero-order chi connectivity index (χ0) is 20.5. The number of rotatable bonds is 3. The summed E-state index contributed by atoms with van der Waals surface area (Å²) in [6.07, 6.45) is 2.78. The van der Waals surface area contributed by atoms with Gasteiger partial charge in [0.1, 0.15) is 11.6 Å². The molecule has 0 fully saturated rings. The lowest BCUT2D eigenvalue weighted by atomic mass is 9.73. The van der Waals surface area contributed by atoms with E-state index >= 15 is 0 Å². The Balaban J connectivity index is 1.80. The van der Waals surface area contributed by atoms with E-state index < -0.39 is 5.92 Å². The zero-order valence-electron chi connectivity index (χ0n) is 16.3. The predicted octanol–water partition coefficient (Wildman–Crippen LogP) is 4.07. The minimum absolute atomic E-state index is 0.0243. The lowest BCUT2D eigenvalue weighted by Gasteiger charge is -2.36. The highest BCUT2D eigenvalue weighted by atomic mass is 19.1. The minimum atomic E-state index is -0.546. The molecule has 2 unspecified atom stereocenters. The standard InChI is InChI=1S/C23H22FN3O2/c1-13-11-17-22(18(28)12-13)21(15-6-8-16(24)9-7-15)20(14(2)26-17)23(29)27-19-5-3-4-10-25-19/h3-10,13,21,26H,11-12H2,1-2H3,(H,25,27,29). The monoisotopic (exact) mass is 391 g/mol. The molecule has 2 heterocycles. The quantitative estimate of drug-likeness (QED) is 0.827. The SMILES string of the molecule is CC1=C(C(=O)Nc2ccccn2)C(c2ccc(F)cc2)C2=C(CC(C)CC2=O)N1. The smallest absolute Gasteiger partial charge is 0.255 e. The van der Waals surface area contributed by atoms with Gasteiger partial charge < -0.3 is 10.6 Å². The van der Waals surface area contributed by atoms with Crippen molar-refractivity contribution in [1.82, 2.24) is 10.3 Å². The van der Waals surface area contributed by atoms with E-state index in [2.05, 4.69) is 15.6 Å². The number of halogens is 1. The molecule has 2 aromatic rings. The van der Waals surface area contributed by atoms with Crippen LogP contribution < -0.4 is 10.6 Å². The number of hydrogen-bond donors (Lipinski definition) is 2. The third-order valence-electron chi connectivity index (χ3n) is 5.39. The van der Waals surface area contributed by atoms with Crippen LogP contribution in [0.3, 0.4) is 0 Å². The molecule has 4 rings (SSSR count). The molecular weight excluding hydrogens is 369 g/mol. The van der Waals surface area contributed by atoms with Gasteiger partial charge in [-0.25, -0.2) is 9.37 Å². The Labute approximate surface area is 168 Å². The van der Waals surface area contributed by atoms with E-state index in [0.717, 1.165) is 12.1 Å². The van der Waals surface area contributed by atoms with Crippen LogP contribution in [0.4, 0.5) is 10.2 Å². The van der Waals surface area contributed by atoms with E-state index in [0.29, 0.717) is 34.6 Å². The van der Waals surface area contributed by atoms with E-state index in [9.17, 15) is 14.0 Å². The number of anilines is 1. The Kier molecular flexibility index (Phi) is 5.01.